The zero-order valence-corrected chi connectivity index (χ0v) is 6.62. The average molecular weight is 207 g/mol. The zero-order chi connectivity index (χ0) is 10.8. The van der Waals surface area contributed by atoms with Gasteiger partial charge >= 0.3 is 12.1 Å². The molecule has 0 N–H and O–H groups in total. The Kier molecular flexibility index (Phi) is 2.59. The lowest BCUT2D eigenvalue weighted by atomic mass is 10.5. The molecule has 4 nitrogen and oxygen atoms in total. The van der Waals surface area contributed by atoms with Crippen LogP contribution in [-0.2, 0) is 4.79 Å². The summed E-state index contributed by atoms with van der Waals surface area (Å²) in [6, 6.07) is 3.52. The lowest BCUT2D eigenvalue weighted by molar-refractivity contribution is -0.200. The number of hydrogen-bond acceptors (Lipinski definition) is 3. The van der Waals surface area contributed by atoms with Crippen molar-refractivity contribution in [3.63, 3.8) is 0 Å². The van der Waals surface area contributed by atoms with Gasteiger partial charge in [-0.3, -0.25) is 4.79 Å². The van der Waals surface area contributed by atoms with Crippen molar-refractivity contribution in [2.75, 3.05) is 0 Å². The van der Waals surface area contributed by atoms with E-state index in [1.807, 2.05) is 0 Å². The van der Waals surface area contributed by atoms with E-state index in [0.29, 0.717) is 0 Å². The fraction of sp³-hybridized carbons (Fsp3) is 0.143. The fourth-order valence-corrected chi connectivity index (χ4v) is 0.629. The molecule has 0 saturated heterocycles. The van der Waals surface area contributed by atoms with E-state index in [1.165, 1.54) is 12.1 Å². The molecule has 0 bridgehead atoms. The van der Waals surface area contributed by atoms with Gasteiger partial charge in [0.1, 0.15) is 0 Å². The third-order valence-corrected chi connectivity index (χ3v) is 1.20. The summed E-state index contributed by atoms with van der Waals surface area (Å²) >= 11 is 0. The molecule has 0 aliphatic carbocycles. The molecule has 76 valence electrons. The van der Waals surface area contributed by atoms with Crippen molar-refractivity contribution < 1.29 is 22.8 Å². The van der Waals surface area contributed by atoms with E-state index in [-0.39, 0.29) is 4.73 Å². The van der Waals surface area contributed by atoms with Gasteiger partial charge in [0.15, 0.2) is 0 Å². The smallest absolute Gasteiger partial charge is 0.325 e. The minimum absolute atomic E-state index is 0.204. The number of pyridine rings is 1. The molecule has 0 unspecified atom stereocenters. The summed E-state index contributed by atoms with van der Waals surface area (Å²) in [6.45, 7) is 0. The van der Waals surface area contributed by atoms with Gasteiger partial charge in [0.25, 0.3) is 5.56 Å². The SMILES string of the molecule is O=C(On1ccccc1=O)C(F)(F)F. The monoisotopic (exact) mass is 207 g/mol. The highest BCUT2D eigenvalue weighted by molar-refractivity contribution is 5.75. The van der Waals surface area contributed by atoms with Crippen molar-refractivity contribution >= 4 is 5.97 Å². The second-order valence-electron chi connectivity index (χ2n) is 2.24. The van der Waals surface area contributed by atoms with E-state index < -0.39 is 17.7 Å². The van der Waals surface area contributed by atoms with E-state index >= 15 is 0 Å². The first-order valence-corrected chi connectivity index (χ1v) is 3.38. The molecular formula is C7H4F3NO3. The molecule has 14 heavy (non-hydrogen) atoms. The maximum atomic E-state index is 11.7. The van der Waals surface area contributed by atoms with Gasteiger partial charge in [-0.1, -0.05) is 6.07 Å². The molecule has 0 aliphatic rings. The van der Waals surface area contributed by atoms with Crippen LogP contribution in [0.4, 0.5) is 13.2 Å². The quantitative estimate of drug-likeness (QED) is 0.668. The molecule has 0 atom stereocenters. The first-order chi connectivity index (χ1) is 6.41. The lowest BCUT2D eigenvalue weighted by Crippen LogP contribution is -2.37. The number of alkyl halides is 3. The Balaban J connectivity index is 2.86. The third-order valence-electron chi connectivity index (χ3n) is 1.20. The topological polar surface area (TPSA) is 48.3 Å². The summed E-state index contributed by atoms with van der Waals surface area (Å²) in [5, 5.41) is 0. The fourth-order valence-electron chi connectivity index (χ4n) is 0.629. The maximum Gasteiger partial charge on any atom is 0.493 e. The molecule has 0 spiro atoms. The number of halogens is 3. The van der Waals surface area contributed by atoms with E-state index in [9.17, 15) is 22.8 Å². The molecule has 0 aliphatic heterocycles. The highest BCUT2D eigenvalue weighted by atomic mass is 19.4. The maximum absolute atomic E-state index is 11.7. The number of hydrogen-bond donors (Lipinski definition) is 0. The van der Waals surface area contributed by atoms with Crippen LogP contribution in [0.2, 0.25) is 0 Å². The predicted molar refractivity (Wildman–Crippen MR) is 38.3 cm³/mol. The summed E-state index contributed by atoms with van der Waals surface area (Å²) in [7, 11) is 0. The van der Waals surface area contributed by atoms with E-state index in [0.717, 1.165) is 12.3 Å². The molecule has 0 aromatic carbocycles. The van der Waals surface area contributed by atoms with Crippen LogP contribution in [-0.4, -0.2) is 16.9 Å². The standard InChI is InChI=1S/C7H4F3NO3/c8-7(9,10)6(13)14-11-4-2-1-3-5(11)12/h1-4H. The van der Waals surface area contributed by atoms with Crippen molar-refractivity contribution in [2.24, 2.45) is 0 Å². The number of carbonyl (C=O) groups is 1. The van der Waals surface area contributed by atoms with Crippen LogP contribution in [0, 0.1) is 0 Å². The molecule has 1 aromatic rings. The Hall–Kier alpha value is -1.79. The summed E-state index contributed by atoms with van der Waals surface area (Å²) in [5.41, 5.74) is -0.856. The number of nitrogens with zero attached hydrogens (tertiary/aromatic N) is 1. The van der Waals surface area contributed by atoms with Crippen LogP contribution in [0.15, 0.2) is 29.2 Å². The van der Waals surface area contributed by atoms with Crippen molar-refractivity contribution in [3.05, 3.63) is 34.7 Å². The molecule has 1 aromatic heterocycles. The van der Waals surface area contributed by atoms with Gasteiger partial charge in [-0.05, 0) is 6.07 Å². The van der Waals surface area contributed by atoms with E-state index in [4.69, 9.17) is 0 Å². The molecule has 1 rings (SSSR count). The average Bonchev–Trinajstić information content (AvgIpc) is 2.07. The summed E-state index contributed by atoms with van der Waals surface area (Å²) in [6.07, 6.45) is -4.21. The Morgan fingerprint density at radius 3 is 2.50 bits per heavy atom. The van der Waals surface area contributed by atoms with Gasteiger partial charge in [-0.15, -0.1) is 4.73 Å². The molecule has 1 heterocycles. The van der Waals surface area contributed by atoms with Crippen molar-refractivity contribution in [3.8, 4) is 0 Å². The van der Waals surface area contributed by atoms with Gasteiger partial charge < -0.3 is 4.84 Å². The van der Waals surface area contributed by atoms with Crippen molar-refractivity contribution in [1.29, 1.82) is 0 Å². The molecule has 0 saturated carbocycles. The Labute approximate surface area is 75.5 Å². The number of carbonyl (C=O) groups excluding carboxylic acids is 1. The van der Waals surface area contributed by atoms with Gasteiger partial charge in [-0.2, -0.15) is 13.2 Å². The van der Waals surface area contributed by atoms with Gasteiger partial charge in [-0.25, -0.2) is 4.79 Å². The predicted octanol–water partition coefficient (Wildman–Crippen LogP) is 0.366. The lowest BCUT2D eigenvalue weighted by Gasteiger charge is -2.06. The largest absolute Gasteiger partial charge is 0.493 e. The number of rotatable bonds is 1. The van der Waals surface area contributed by atoms with Crippen LogP contribution in [0.1, 0.15) is 0 Å². The second-order valence-corrected chi connectivity index (χ2v) is 2.24. The minimum atomic E-state index is -5.12. The molecule has 0 radical (unpaired) electrons. The van der Waals surface area contributed by atoms with E-state index in [1.54, 1.807) is 0 Å². The van der Waals surface area contributed by atoms with Gasteiger partial charge in [0.05, 0.1) is 0 Å². The summed E-state index contributed by atoms with van der Waals surface area (Å²) in [5.74, 6) is -2.44. The number of aromatic nitrogens is 1. The van der Waals surface area contributed by atoms with E-state index in [2.05, 4.69) is 4.84 Å². The molecule has 0 amide bonds. The van der Waals surface area contributed by atoms with Crippen LogP contribution in [0.25, 0.3) is 0 Å². The highest BCUT2D eigenvalue weighted by Crippen LogP contribution is 2.14. The van der Waals surface area contributed by atoms with Crippen molar-refractivity contribution in [1.82, 2.24) is 4.73 Å². The Morgan fingerprint density at radius 2 is 2.00 bits per heavy atom. The second kappa shape index (κ2) is 3.52. The summed E-state index contributed by atoms with van der Waals surface area (Å²) < 4.78 is 35.2. The molecule has 7 heteroatoms. The first kappa shape index (κ1) is 10.3. The van der Waals surface area contributed by atoms with Gasteiger partial charge in [0.2, 0.25) is 0 Å². The Morgan fingerprint density at radius 1 is 1.36 bits per heavy atom. The molecular weight excluding hydrogens is 203 g/mol. The zero-order valence-electron chi connectivity index (χ0n) is 6.62. The minimum Gasteiger partial charge on any atom is -0.325 e. The van der Waals surface area contributed by atoms with Crippen LogP contribution >= 0.6 is 0 Å². The van der Waals surface area contributed by atoms with Crippen LogP contribution in [0.3, 0.4) is 0 Å². The Bertz CT molecular complexity index is 396. The van der Waals surface area contributed by atoms with Crippen LogP contribution in [0.5, 0.6) is 0 Å². The molecule has 0 fully saturated rings. The normalized spacial score (nSPS) is 11.1. The third kappa shape index (κ3) is 2.35. The summed E-state index contributed by atoms with van der Waals surface area (Å²) in [4.78, 5) is 24.8. The highest BCUT2D eigenvalue weighted by Gasteiger charge is 2.42. The van der Waals surface area contributed by atoms with Crippen molar-refractivity contribution in [2.45, 2.75) is 6.18 Å². The van der Waals surface area contributed by atoms with Gasteiger partial charge in [0, 0.05) is 12.3 Å². The van der Waals surface area contributed by atoms with Crippen LogP contribution < -0.4 is 10.4 Å². The first-order valence-electron chi connectivity index (χ1n) is 3.38.